The molecule has 3 rings (SSSR count). The number of carbonyl (C=O) groups is 5. The Kier molecular flexibility index (Phi) is 13.5. The number of hydrogen-bond donors (Lipinski definition) is 6. The zero-order valence-electron chi connectivity index (χ0n) is 24.6. The Bertz CT molecular complexity index is 1150. The number of carbonyl (C=O) groups excluding carboxylic acids is 5. The molecule has 7 N–H and O–H groups in total. The number of pyridine rings is 1. The van der Waals surface area contributed by atoms with E-state index in [-0.39, 0.29) is 50.1 Å². The number of nitrogens with zero attached hydrogens (tertiary/aromatic N) is 1. The average molecular weight is 639 g/mol. The third kappa shape index (κ3) is 10.1. The van der Waals surface area contributed by atoms with Gasteiger partial charge in [-0.1, -0.05) is 26.3 Å². The minimum absolute atomic E-state index is 0.167. The number of aromatic nitrogens is 1. The number of hydrogen-bond acceptors (Lipinski definition) is 10. The van der Waals surface area contributed by atoms with Crippen molar-refractivity contribution in [2.75, 3.05) is 31.3 Å². The summed E-state index contributed by atoms with van der Waals surface area (Å²) in [4.78, 5) is 69.9. The Labute approximate surface area is 260 Å². The normalized spacial score (nSPS) is 25.6. The van der Waals surface area contributed by atoms with Crippen molar-refractivity contribution in [1.82, 2.24) is 26.3 Å². The maximum absolute atomic E-state index is 13.5. The van der Waals surface area contributed by atoms with Crippen LogP contribution >= 0.6 is 23.5 Å². The van der Waals surface area contributed by atoms with Crippen LogP contribution in [-0.2, 0) is 40.2 Å². The molecule has 0 aliphatic carbocycles. The summed E-state index contributed by atoms with van der Waals surface area (Å²) in [6.07, 6.45) is 1.07. The SMILES string of the molecule is CC[C@H](C)[C@@H]1NC(=O)[C@H](CO)NC(=O)C2(CCOCC2)NC(=O)CCSCc2cccc(n2)CSC[C@@H](C(N)=O)NC1=O. The van der Waals surface area contributed by atoms with Crippen LogP contribution < -0.4 is 27.0 Å². The summed E-state index contributed by atoms with van der Waals surface area (Å²) in [7, 11) is 0. The fourth-order valence-corrected chi connectivity index (χ4v) is 6.49. The van der Waals surface area contributed by atoms with Gasteiger partial charge in [-0.3, -0.25) is 29.0 Å². The van der Waals surface area contributed by atoms with E-state index in [9.17, 15) is 29.1 Å². The van der Waals surface area contributed by atoms with Crippen LogP contribution in [0, 0.1) is 5.92 Å². The Hall–Kier alpha value is -2.88. The highest BCUT2D eigenvalue weighted by molar-refractivity contribution is 7.98. The first-order valence-electron chi connectivity index (χ1n) is 14.4. The summed E-state index contributed by atoms with van der Waals surface area (Å²) in [6.45, 7) is 3.33. The van der Waals surface area contributed by atoms with Crippen molar-refractivity contribution in [3.63, 3.8) is 0 Å². The number of aliphatic hydroxyl groups is 1. The van der Waals surface area contributed by atoms with E-state index in [4.69, 9.17) is 10.5 Å². The van der Waals surface area contributed by atoms with Gasteiger partial charge in [-0.15, -0.1) is 0 Å². The van der Waals surface area contributed by atoms with Gasteiger partial charge in [0.25, 0.3) is 0 Å². The molecule has 238 valence electrons. The van der Waals surface area contributed by atoms with Crippen LogP contribution in [0.25, 0.3) is 0 Å². The Morgan fingerprint density at radius 3 is 2.40 bits per heavy atom. The molecule has 1 aromatic rings. The van der Waals surface area contributed by atoms with Gasteiger partial charge in [0.1, 0.15) is 23.7 Å². The van der Waals surface area contributed by atoms with Gasteiger partial charge >= 0.3 is 0 Å². The minimum Gasteiger partial charge on any atom is -0.394 e. The second-order valence-electron chi connectivity index (χ2n) is 10.7. The fraction of sp³-hybridized carbons (Fsp3) is 0.643. The fourth-order valence-electron chi connectivity index (χ4n) is 4.67. The number of fused-ring (bicyclic) bond motifs is 2. The largest absolute Gasteiger partial charge is 0.394 e. The van der Waals surface area contributed by atoms with Crippen LogP contribution in [0.4, 0.5) is 0 Å². The molecule has 0 unspecified atom stereocenters. The van der Waals surface area contributed by atoms with E-state index in [0.717, 1.165) is 11.4 Å². The smallest absolute Gasteiger partial charge is 0.246 e. The van der Waals surface area contributed by atoms with Gasteiger partial charge in [-0.25, -0.2) is 0 Å². The van der Waals surface area contributed by atoms with Gasteiger partial charge in [-0.2, -0.15) is 23.5 Å². The highest BCUT2D eigenvalue weighted by atomic mass is 32.2. The van der Waals surface area contributed by atoms with Gasteiger partial charge in [0.05, 0.1) is 18.0 Å². The zero-order valence-corrected chi connectivity index (χ0v) is 26.2. The third-order valence-corrected chi connectivity index (χ3v) is 9.60. The van der Waals surface area contributed by atoms with E-state index in [2.05, 4.69) is 26.3 Å². The molecule has 3 heterocycles. The van der Waals surface area contributed by atoms with Crippen molar-refractivity contribution in [2.45, 2.75) is 74.7 Å². The van der Waals surface area contributed by atoms with E-state index in [1.807, 2.05) is 25.1 Å². The van der Waals surface area contributed by atoms with Crippen molar-refractivity contribution in [2.24, 2.45) is 11.7 Å². The van der Waals surface area contributed by atoms with Crippen molar-refractivity contribution in [1.29, 1.82) is 0 Å². The molecule has 2 aliphatic heterocycles. The number of amides is 5. The predicted octanol–water partition coefficient (Wildman–Crippen LogP) is -0.405. The molecule has 0 aromatic carbocycles. The Morgan fingerprint density at radius 2 is 1.77 bits per heavy atom. The molecule has 2 bridgehead atoms. The van der Waals surface area contributed by atoms with Gasteiger partial charge in [-0.05, 0) is 18.1 Å². The van der Waals surface area contributed by atoms with E-state index >= 15 is 0 Å². The van der Waals surface area contributed by atoms with Crippen LogP contribution in [-0.4, -0.2) is 94.6 Å². The molecule has 1 fully saturated rings. The standard InChI is InChI=1S/C28H42N6O7S2/c1-3-17(2)23-26(39)31-21(24(29)37)16-43-15-19-6-4-5-18(30-19)14-42-12-7-22(36)34-28(8-10-41-11-9-28)27(40)32-20(13-35)25(38)33-23/h4-6,17,20-21,23,35H,3,7-16H2,1-2H3,(H2,29,37)(H,31,39)(H,32,40)(H,33,38)(H,34,36)/t17-,20-,21-,23-/m0/s1. The molecule has 1 saturated heterocycles. The van der Waals surface area contributed by atoms with Crippen LogP contribution in [0.5, 0.6) is 0 Å². The Balaban J connectivity index is 1.88. The maximum Gasteiger partial charge on any atom is 0.246 e. The number of aliphatic hydroxyl groups excluding tert-OH is 1. The molecular formula is C28H42N6O7S2. The van der Waals surface area contributed by atoms with Gasteiger partial charge in [0.15, 0.2) is 0 Å². The summed E-state index contributed by atoms with van der Waals surface area (Å²) in [5, 5.41) is 20.7. The molecule has 15 heteroatoms. The molecule has 13 nitrogen and oxygen atoms in total. The minimum atomic E-state index is -1.39. The first-order valence-corrected chi connectivity index (χ1v) is 16.7. The summed E-state index contributed by atoms with van der Waals surface area (Å²) >= 11 is 2.92. The Morgan fingerprint density at radius 1 is 1.09 bits per heavy atom. The molecule has 2 aliphatic rings. The molecule has 1 aromatic heterocycles. The number of primary amides is 1. The molecule has 43 heavy (non-hydrogen) atoms. The quantitative estimate of drug-likeness (QED) is 0.252. The molecule has 0 saturated carbocycles. The second kappa shape index (κ2) is 16.8. The van der Waals surface area contributed by atoms with Gasteiger partial charge < -0.3 is 36.8 Å². The van der Waals surface area contributed by atoms with Crippen LogP contribution in [0.1, 0.15) is 50.9 Å². The first-order chi connectivity index (χ1) is 20.6. The summed E-state index contributed by atoms with van der Waals surface area (Å²) in [6, 6.07) is 2.21. The molecule has 4 atom stereocenters. The zero-order chi connectivity index (χ0) is 31.4. The summed E-state index contributed by atoms with van der Waals surface area (Å²) in [5.74, 6) is -1.63. The summed E-state index contributed by atoms with van der Waals surface area (Å²) in [5.41, 5.74) is 5.92. The van der Waals surface area contributed by atoms with Crippen molar-refractivity contribution < 1.29 is 33.8 Å². The van der Waals surface area contributed by atoms with E-state index in [1.165, 1.54) is 23.5 Å². The maximum atomic E-state index is 13.5. The highest BCUT2D eigenvalue weighted by Gasteiger charge is 2.43. The van der Waals surface area contributed by atoms with Crippen molar-refractivity contribution >= 4 is 53.1 Å². The lowest BCUT2D eigenvalue weighted by Crippen LogP contribution is -2.65. The number of nitrogens with two attached hydrogens (primary N) is 1. The lowest BCUT2D eigenvalue weighted by Gasteiger charge is -2.37. The van der Waals surface area contributed by atoms with Gasteiger partial charge in [0.2, 0.25) is 29.5 Å². The van der Waals surface area contributed by atoms with Crippen LogP contribution in [0.2, 0.25) is 0 Å². The second-order valence-corrected chi connectivity index (χ2v) is 12.9. The van der Waals surface area contributed by atoms with E-state index < -0.39 is 53.9 Å². The first kappa shape index (κ1) is 34.6. The van der Waals surface area contributed by atoms with E-state index in [0.29, 0.717) is 23.7 Å². The molecular weight excluding hydrogens is 596 g/mol. The van der Waals surface area contributed by atoms with Crippen molar-refractivity contribution in [3.05, 3.63) is 29.6 Å². The molecule has 0 radical (unpaired) electrons. The monoisotopic (exact) mass is 638 g/mol. The topological polar surface area (TPSA) is 202 Å². The number of nitrogens with one attached hydrogen (secondary N) is 4. The number of rotatable bonds is 4. The highest BCUT2D eigenvalue weighted by Crippen LogP contribution is 2.23. The third-order valence-electron chi connectivity index (χ3n) is 7.54. The summed E-state index contributed by atoms with van der Waals surface area (Å²) < 4.78 is 5.42. The van der Waals surface area contributed by atoms with Gasteiger partial charge in [0, 0.05) is 55.5 Å². The van der Waals surface area contributed by atoms with Crippen LogP contribution in [0.15, 0.2) is 18.2 Å². The number of thioether (sulfide) groups is 2. The van der Waals surface area contributed by atoms with Crippen molar-refractivity contribution in [3.8, 4) is 0 Å². The molecule has 1 spiro atoms. The average Bonchev–Trinajstić information content (AvgIpc) is 2.99. The number of ether oxygens (including phenoxy) is 1. The van der Waals surface area contributed by atoms with Crippen LogP contribution in [0.3, 0.4) is 0 Å². The molecule has 5 amide bonds. The van der Waals surface area contributed by atoms with E-state index in [1.54, 1.807) is 6.92 Å². The lowest BCUT2D eigenvalue weighted by atomic mass is 9.88. The lowest BCUT2D eigenvalue weighted by molar-refractivity contribution is -0.140. The predicted molar refractivity (Wildman–Crippen MR) is 164 cm³/mol.